The summed E-state index contributed by atoms with van der Waals surface area (Å²) >= 11 is 6.41. The Hall–Kier alpha value is -2.53. The van der Waals surface area contributed by atoms with Crippen LogP contribution in [0.2, 0.25) is 5.02 Å². The van der Waals surface area contributed by atoms with Gasteiger partial charge in [0.25, 0.3) is 11.5 Å². The maximum absolute atomic E-state index is 13.1. The lowest BCUT2D eigenvalue weighted by Crippen LogP contribution is -2.33. The van der Waals surface area contributed by atoms with Gasteiger partial charge in [-0.25, -0.2) is 0 Å². The van der Waals surface area contributed by atoms with Gasteiger partial charge in [-0.2, -0.15) is 0 Å². The molecule has 2 fully saturated rings. The minimum atomic E-state index is -0.236. The Morgan fingerprint density at radius 3 is 2.88 bits per heavy atom. The fourth-order valence-corrected chi connectivity index (χ4v) is 4.87. The van der Waals surface area contributed by atoms with Crippen molar-refractivity contribution in [3.05, 3.63) is 68.7 Å². The Balaban J connectivity index is 1.50. The maximum atomic E-state index is 13.1. The summed E-state index contributed by atoms with van der Waals surface area (Å²) in [4.78, 5) is 33.1. The minimum absolute atomic E-state index is 0.0253. The van der Waals surface area contributed by atoms with Crippen LogP contribution in [0.25, 0.3) is 10.9 Å². The summed E-state index contributed by atoms with van der Waals surface area (Å²) in [5, 5.41) is 1.21. The van der Waals surface area contributed by atoms with Gasteiger partial charge < -0.3 is 14.9 Å². The number of rotatable bonds is 2. The van der Waals surface area contributed by atoms with E-state index in [1.165, 1.54) is 0 Å². The van der Waals surface area contributed by atoms with Gasteiger partial charge in [0, 0.05) is 35.9 Å². The van der Waals surface area contributed by atoms with Crippen LogP contribution >= 0.6 is 11.6 Å². The number of aromatic amines is 2. The molecule has 26 heavy (non-hydrogen) atoms. The highest BCUT2D eigenvalue weighted by atomic mass is 35.5. The van der Waals surface area contributed by atoms with Crippen LogP contribution in [0.4, 0.5) is 0 Å². The predicted molar refractivity (Wildman–Crippen MR) is 101 cm³/mol. The molecule has 2 unspecified atom stereocenters. The number of amides is 1. The Bertz CT molecular complexity index is 1120. The van der Waals surface area contributed by atoms with E-state index >= 15 is 0 Å². The molecule has 132 valence electrons. The van der Waals surface area contributed by atoms with Crippen LogP contribution in [-0.2, 0) is 5.41 Å². The number of piperidine rings is 1. The molecular formula is C20H18ClN3O2. The third-order valence-electron chi connectivity index (χ3n) is 6.00. The van der Waals surface area contributed by atoms with Crippen molar-refractivity contribution >= 4 is 28.4 Å². The molecule has 0 bridgehead atoms. The zero-order valence-corrected chi connectivity index (χ0v) is 15.1. The molecule has 2 N–H and O–H groups in total. The second-order valence-electron chi connectivity index (χ2n) is 7.48. The number of nitrogens with zero attached hydrogens (tertiary/aromatic N) is 1. The molecule has 2 aliphatic rings. The standard InChI is InChI=1S/C20H18ClN3O2/c1-11-7-23-18(25)16-13(8-22-17(11)16)19(26)24-9-12-6-20(12,10-24)14-4-2-3-5-15(14)21/h2-5,7-8,12,22H,6,9-10H2,1H3,(H,23,25). The molecule has 1 aliphatic carbocycles. The molecule has 1 saturated carbocycles. The summed E-state index contributed by atoms with van der Waals surface area (Å²) in [6, 6.07) is 7.90. The molecule has 3 aromatic rings. The highest BCUT2D eigenvalue weighted by molar-refractivity contribution is 6.31. The van der Waals surface area contributed by atoms with E-state index in [-0.39, 0.29) is 16.9 Å². The number of aromatic nitrogens is 2. The van der Waals surface area contributed by atoms with Crippen molar-refractivity contribution in [1.29, 1.82) is 0 Å². The van der Waals surface area contributed by atoms with Crippen LogP contribution in [0.3, 0.4) is 0 Å². The number of benzene rings is 1. The van der Waals surface area contributed by atoms with E-state index in [1.54, 1.807) is 12.4 Å². The van der Waals surface area contributed by atoms with E-state index in [0.717, 1.165) is 28.1 Å². The summed E-state index contributed by atoms with van der Waals surface area (Å²) in [6.45, 7) is 3.26. The van der Waals surface area contributed by atoms with Crippen molar-refractivity contribution in [3.63, 3.8) is 0 Å². The predicted octanol–water partition coefficient (Wildman–Crippen LogP) is 3.23. The van der Waals surface area contributed by atoms with E-state index < -0.39 is 0 Å². The summed E-state index contributed by atoms with van der Waals surface area (Å²) < 4.78 is 0. The molecular weight excluding hydrogens is 350 g/mol. The number of pyridine rings is 1. The topological polar surface area (TPSA) is 69.0 Å². The SMILES string of the molecule is Cc1c[nH]c(=O)c2c(C(=O)N3CC4CC4(c4ccccc4Cl)C3)c[nH]c12. The number of hydrogen-bond donors (Lipinski definition) is 2. The van der Waals surface area contributed by atoms with Crippen LogP contribution < -0.4 is 5.56 Å². The number of fused-ring (bicyclic) bond motifs is 2. The first-order valence-corrected chi connectivity index (χ1v) is 9.13. The van der Waals surface area contributed by atoms with E-state index in [9.17, 15) is 9.59 Å². The summed E-state index contributed by atoms with van der Waals surface area (Å²) in [7, 11) is 0. The van der Waals surface area contributed by atoms with Gasteiger partial charge in [-0.05, 0) is 36.5 Å². The molecule has 2 atom stereocenters. The van der Waals surface area contributed by atoms with E-state index in [2.05, 4.69) is 16.0 Å². The van der Waals surface area contributed by atoms with Crippen molar-refractivity contribution in [2.75, 3.05) is 13.1 Å². The number of nitrogens with one attached hydrogen (secondary N) is 2. The molecule has 0 radical (unpaired) electrons. The lowest BCUT2D eigenvalue weighted by molar-refractivity contribution is 0.0774. The molecule has 1 aliphatic heterocycles. The van der Waals surface area contributed by atoms with Crippen LogP contribution in [-0.4, -0.2) is 33.9 Å². The molecule has 0 spiro atoms. The quantitative estimate of drug-likeness (QED) is 0.730. The molecule has 5 nitrogen and oxygen atoms in total. The Labute approximate surface area is 155 Å². The smallest absolute Gasteiger partial charge is 0.258 e. The van der Waals surface area contributed by atoms with Gasteiger partial charge in [0.1, 0.15) is 0 Å². The lowest BCUT2D eigenvalue weighted by Gasteiger charge is -2.21. The first kappa shape index (κ1) is 15.7. The molecule has 3 heterocycles. The summed E-state index contributed by atoms with van der Waals surface area (Å²) in [5.41, 5.74) is 2.95. The van der Waals surface area contributed by atoms with Crippen LogP contribution in [0.15, 0.2) is 41.5 Å². The number of carbonyl (C=O) groups excluding carboxylic acids is 1. The van der Waals surface area contributed by atoms with Crippen molar-refractivity contribution in [2.45, 2.75) is 18.8 Å². The molecule has 1 saturated heterocycles. The fraction of sp³-hybridized carbons (Fsp3) is 0.300. The molecule has 5 rings (SSSR count). The van der Waals surface area contributed by atoms with E-state index in [1.807, 2.05) is 30.0 Å². The average Bonchev–Trinajstić information content (AvgIpc) is 3.00. The largest absolute Gasteiger partial charge is 0.360 e. The average molecular weight is 368 g/mol. The van der Waals surface area contributed by atoms with Crippen molar-refractivity contribution in [2.24, 2.45) is 5.92 Å². The van der Waals surface area contributed by atoms with Gasteiger partial charge >= 0.3 is 0 Å². The van der Waals surface area contributed by atoms with Gasteiger partial charge in [0.15, 0.2) is 0 Å². The zero-order valence-electron chi connectivity index (χ0n) is 14.3. The molecule has 6 heteroatoms. The fourth-order valence-electron chi connectivity index (χ4n) is 4.55. The van der Waals surface area contributed by atoms with Crippen LogP contribution in [0, 0.1) is 12.8 Å². The number of aryl methyl sites for hydroxylation is 1. The highest BCUT2D eigenvalue weighted by Crippen LogP contribution is 2.60. The van der Waals surface area contributed by atoms with E-state index in [4.69, 9.17) is 11.6 Å². The number of likely N-dealkylation sites (tertiary alicyclic amines) is 1. The van der Waals surface area contributed by atoms with Crippen molar-refractivity contribution < 1.29 is 4.79 Å². The Morgan fingerprint density at radius 1 is 1.27 bits per heavy atom. The van der Waals surface area contributed by atoms with Crippen LogP contribution in [0.1, 0.15) is 27.9 Å². The van der Waals surface area contributed by atoms with Crippen LogP contribution in [0.5, 0.6) is 0 Å². The lowest BCUT2D eigenvalue weighted by atomic mass is 9.95. The van der Waals surface area contributed by atoms with Crippen molar-refractivity contribution in [3.8, 4) is 0 Å². The first-order chi connectivity index (χ1) is 12.5. The summed E-state index contributed by atoms with van der Waals surface area (Å²) in [5.74, 6) is 0.350. The molecule has 1 aromatic carbocycles. The van der Waals surface area contributed by atoms with Gasteiger partial charge in [0.05, 0.1) is 16.5 Å². The van der Waals surface area contributed by atoms with Gasteiger partial charge in [-0.15, -0.1) is 0 Å². The number of carbonyl (C=O) groups is 1. The Kier molecular flexibility index (Phi) is 3.16. The van der Waals surface area contributed by atoms with Gasteiger partial charge in [-0.3, -0.25) is 9.59 Å². The third kappa shape index (κ3) is 2.04. The second kappa shape index (κ2) is 5.24. The second-order valence-corrected chi connectivity index (χ2v) is 7.88. The number of hydrogen-bond acceptors (Lipinski definition) is 2. The van der Waals surface area contributed by atoms with Crippen molar-refractivity contribution in [1.82, 2.24) is 14.9 Å². The van der Waals surface area contributed by atoms with Gasteiger partial charge in [0.2, 0.25) is 0 Å². The first-order valence-electron chi connectivity index (χ1n) is 8.75. The van der Waals surface area contributed by atoms with Gasteiger partial charge in [-0.1, -0.05) is 29.8 Å². The molecule has 1 amide bonds. The number of H-pyrrole nitrogens is 2. The highest BCUT2D eigenvalue weighted by Gasteiger charge is 2.62. The summed E-state index contributed by atoms with van der Waals surface area (Å²) in [6.07, 6.45) is 4.38. The Morgan fingerprint density at radius 2 is 2.08 bits per heavy atom. The number of halogens is 1. The zero-order chi connectivity index (χ0) is 18.1. The minimum Gasteiger partial charge on any atom is -0.360 e. The monoisotopic (exact) mass is 367 g/mol. The normalized spacial score (nSPS) is 24.1. The van der Waals surface area contributed by atoms with E-state index in [0.29, 0.717) is 30.0 Å². The molecule has 2 aromatic heterocycles. The maximum Gasteiger partial charge on any atom is 0.258 e. The third-order valence-corrected chi connectivity index (χ3v) is 6.32.